The van der Waals surface area contributed by atoms with E-state index < -0.39 is 35.4 Å². The molecule has 2 atom stereocenters. The number of carbonyl (C=O) groups excluding carboxylic acids is 2. The van der Waals surface area contributed by atoms with E-state index in [1.807, 2.05) is 30.3 Å². The van der Waals surface area contributed by atoms with E-state index in [9.17, 15) is 19.5 Å². The number of benzene rings is 2. The summed E-state index contributed by atoms with van der Waals surface area (Å²) in [4.78, 5) is 45.4. The molecule has 0 unspecified atom stereocenters. The van der Waals surface area contributed by atoms with E-state index in [2.05, 4.69) is 20.0 Å². The molecule has 204 valence electrons. The van der Waals surface area contributed by atoms with Crippen molar-refractivity contribution in [2.24, 2.45) is 0 Å². The molecule has 4 rings (SSSR count). The maximum atomic E-state index is 13.6. The molecular weight excluding hydrogens is 524 g/mol. The van der Waals surface area contributed by atoms with E-state index >= 15 is 0 Å². The van der Waals surface area contributed by atoms with Gasteiger partial charge in [0.05, 0.1) is 13.7 Å². The molecule has 2 aromatic carbocycles. The van der Waals surface area contributed by atoms with Crippen molar-refractivity contribution >= 4 is 28.3 Å². The lowest BCUT2D eigenvalue weighted by Gasteiger charge is -2.24. The number of aromatic hydroxyl groups is 1. The molecule has 4 aromatic rings. The minimum atomic E-state index is -1.16. The van der Waals surface area contributed by atoms with E-state index in [-0.39, 0.29) is 16.5 Å². The summed E-state index contributed by atoms with van der Waals surface area (Å²) in [7, 11) is 2.82. The largest absolute Gasteiger partial charge is 0.493 e. The summed E-state index contributed by atoms with van der Waals surface area (Å²) in [5.74, 6) is -1.57. The number of nitrogens with one attached hydrogen (secondary N) is 2. The highest BCUT2D eigenvalue weighted by molar-refractivity contribution is 7.14. The van der Waals surface area contributed by atoms with Crippen molar-refractivity contribution in [3.63, 3.8) is 0 Å². The van der Waals surface area contributed by atoms with E-state index in [0.29, 0.717) is 24.5 Å². The number of thiazole rings is 1. The number of nitrogens with zero attached hydrogens (tertiary/aromatic N) is 2. The van der Waals surface area contributed by atoms with E-state index in [1.165, 1.54) is 12.5 Å². The Labute approximate surface area is 228 Å². The Balaban J connectivity index is 1.69. The van der Waals surface area contributed by atoms with Gasteiger partial charge in [0, 0.05) is 24.0 Å². The van der Waals surface area contributed by atoms with Gasteiger partial charge in [-0.1, -0.05) is 37.3 Å². The fourth-order valence-corrected chi connectivity index (χ4v) is 4.76. The van der Waals surface area contributed by atoms with Gasteiger partial charge in [-0.15, -0.1) is 11.3 Å². The number of aromatic nitrogens is 3. The molecule has 3 N–H and O–H groups in total. The minimum Gasteiger partial charge on any atom is -0.493 e. The first-order chi connectivity index (χ1) is 18.8. The number of hydrogen-bond donors (Lipinski definition) is 3. The molecule has 0 saturated heterocycles. The third-order valence-corrected chi connectivity index (χ3v) is 6.83. The second-order valence-electron chi connectivity index (χ2n) is 8.53. The molecule has 0 aliphatic rings. The predicted molar refractivity (Wildman–Crippen MR) is 146 cm³/mol. The molecule has 0 spiro atoms. The smallest absolute Gasteiger partial charge is 0.357 e. The van der Waals surface area contributed by atoms with Crippen molar-refractivity contribution in [1.29, 1.82) is 0 Å². The molecule has 0 saturated carbocycles. The molecule has 39 heavy (non-hydrogen) atoms. The number of methoxy groups -OCH3 is 2. The Kier molecular flexibility index (Phi) is 8.79. The Hall–Kier alpha value is -4.42. The number of imidazole rings is 1. The average molecular weight is 553 g/mol. The maximum Gasteiger partial charge on any atom is 0.357 e. The standard InChI is InChI=1S/C27H28N4O7S/c1-16(17-7-5-4-6-8-17)22(23(32)30-26-28-20(15-39-26)25(34)37-3)31-24(33)21(29-27(31)35)18-9-11-19(12-10-18)38-14-13-36-2/h4-12,15-16,22,33H,13-14H2,1-3H3,(H,29,35)(H,28,30,32)/t16-,22-/m0/s1. The lowest BCUT2D eigenvalue weighted by atomic mass is 9.92. The SMILES string of the molecule is COCCOc1ccc(-c2[nH]c(=O)n([C@H](C(=O)Nc3nc(C(=O)OC)cs3)[C@@H](C)c3ccccc3)c2O)cc1. The van der Waals surface area contributed by atoms with Crippen molar-refractivity contribution in [2.75, 3.05) is 32.8 Å². The highest BCUT2D eigenvalue weighted by atomic mass is 32.1. The topological polar surface area (TPSA) is 145 Å². The van der Waals surface area contributed by atoms with Gasteiger partial charge in [-0.2, -0.15) is 0 Å². The third-order valence-electron chi connectivity index (χ3n) is 6.08. The summed E-state index contributed by atoms with van der Waals surface area (Å²) in [6.07, 6.45) is 0. The van der Waals surface area contributed by atoms with Crippen LogP contribution in [0.1, 0.15) is 34.9 Å². The van der Waals surface area contributed by atoms with Gasteiger partial charge in [0.15, 0.2) is 10.8 Å². The molecule has 0 aliphatic carbocycles. The van der Waals surface area contributed by atoms with Gasteiger partial charge in [0.25, 0.3) is 0 Å². The second-order valence-corrected chi connectivity index (χ2v) is 9.39. The Morgan fingerprint density at radius 2 is 1.82 bits per heavy atom. The summed E-state index contributed by atoms with van der Waals surface area (Å²) >= 11 is 1.04. The van der Waals surface area contributed by atoms with Gasteiger partial charge in [0.2, 0.25) is 11.8 Å². The van der Waals surface area contributed by atoms with Crippen molar-refractivity contribution < 1.29 is 28.9 Å². The third kappa shape index (κ3) is 6.19. The summed E-state index contributed by atoms with van der Waals surface area (Å²) in [6.45, 7) is 2.60. The van der Waals surface area contributed by atoms with E-state index in [0.717, 1.165) is 21.5 Å². The molecule has 0 fully saturated rings. The number of carbonyl (C=O) groups is 2. The van der Waals surface area contributed by atoms with Crippen LogP contribution in [0.5, 0.6) is 11.6 Å². The number of hydrogen-bond acceptors (Lipinski definition) is 9. The number of aromatic amines is 1. The second kappa shape index (κ2) is 12.4. The van der Waals surface area contributed by atoms with Gasteiger partial charge >= 0.3 is 11.7 Å². The molecular formula is C27H28N4O7S. The number of H-pyrrole nitrogens is 1. The predicted octanol–water partition coefficient (Wildman–Crippen LogP) is 3.80. The molecule has 0 aliphatic heterocycles. The molecule has 12 heteroatoms. The Bertz CT molecular complexity index is 1480. The van der Waals surface area contributed by atoms with Crippen LogP contribution >= 0.6 is 11.3 Å². The fourth-order valence-electron chi connectivity index (χ4n) is 4.08. The van der Waals surface area contributed by atoms with Crippen LogP contribution in [0.3, 0.4) is 0 Å². The Morgan fingerprint density at radius 3 is 2.49 bits per heavy atom. The molecule has 0 radical (unpaired) electrons. The number of ether oxygens (including phenoxy) is 3. The summed E-state index contributed by atoms with van der Waals surface area (Å²) in [5, 5.41) is 15.5. The van der Waals surface area contributed by atoms with Gasteiger partial charge < -0.3 is 29.6 Å². The molecule has 2 aromatic heterocycles. The van der Waals surface area contributed by atoms with E-state index in [4.69, 9.17) is 9.47 Å². The van der Waals surface area contributed by atoms with Crippen LogP contribution in [0.25, 0.3) is 11.3 Å². The summed E-state index contributed by atoms with van der Waals surface area (Å²) < 4.78 is 16.3. The highest BCUT2D eigenvalue weighted by Crippen LogP contribution is 2.35. The van der Waals surface area contributed by atoms with Crippen LogP contribution in [0.4, 0.5) is 5.13 Å². The Morgan fingerprint density at radius 1 is 1.10 bits per heavy atom. The van der Waals surface area contributed by atoms with Crippen molar-refractivity contribution in [3.8, 4) is 22.9 Å². The van der Waals surface area contributed by atoms with Crippen LogP contribution in [-0.4, -0.2) is 59.0 Å². The zero-order chi connectivity index (χ0) is 27.9. The number of rotatable bonds is 11. The summed E-state index contributed by atoms with van der Waals surface area (Å²) in [5.41, 5.74) is 0.836. The van der Waals surface area contributed by atoms with Crippen LogP contribution < -0.4 is 15.7 Å². The fraction of sp³-hybridized carbons (Fsp3) is 0.259. The molecule has 0 bridgehead atoms. The first-order valence-corrected chi connectivity index (χ1v) is 12.9. The highest BCUT2D eigenvalue weighted by Gasteiger charge is 2.34. The zero-order valence-corrected chi connectivity index (χ0v) is 22.4. The van der Waals surface area contributed by atoms with Crippen molar-refractivity contribution in [2.45, 2.75) is 18.9 Å². The monoisotopic (exact) mass is 552 g/mol. The van der Waals surface area contributed by atoms with Gasteiger partial charge in [-0.25, -0.2) is 19.1 Å². The lowest BCUT2D eigenvalue weighted by molar-refractivity contribution is -0.120. The summed E-state index contributed by atoms with van der Waals surface area (Å²) in [6, 6.07) is 14.8. The zero-order valence-electron chi connectivity index (χ0n) is 21.5. The lowest BCUT2D eigenvalue weighted by Crippen LogP contribution is -2.35. The van der Waals surface area contributed by atoms with Gasteiger partial charge in [-0.3, -0.25) is 4.79 Å². The van der Waals surface area contributed by atoms with Crippen LogP contribution in [0, 0.1) is 0 Å². The minimum absolute atomic E-state index is 0.0454. The molecule has 1 amide bonds. The van der Waals surface area contributed by atoms with Crippen LogP contribution in [0.2, 0.25) is 0 Å². The molecule has 2 heterocycles. The van der Waals surface area contributed by atoms with Crippen molar-refractivity contribution in [1.82, 2.24) is 14.5 Å². The normalized spacial score (nSPS) is 12.5. The van der Waals surface area contributed by atoms with Crippen LogP contribution in [0.15, 0.2) is 64.8 Å². The molecule has 11 nitrogen and oxygen atoms in total. The van der Waals surface area contributed by atoms with Gasteiger partial charge in [0.1, 0.15) is 24.1 Å². The average Bonchev–Trinajstić information content (AvgIpc) is 3.53. The van der Waals surface area contributed by atoms with Gasteiger partial charge in [-0.05, 0) is 29.8 Å². The quantitative estimate of drug-likeness (QED) is 0.188. The number of anilines is 1. The first-order valence-electron chi connectivity index (χ1n) is 12.0. The number of esters is 1. The van der Waals surface area contributed by atoms with Crippen molar-refractivity contribution in [3.05, 3.63) is 81.7 Å². The van der Waals surface area contributed by atoms with Crippen LogP contribution in [-0.2, 0) is 14.3 Å². The van der Waals surface area contributed by atoms with E-state index in [1.54, 1.807) is 38.3 Å². The number of amides is 1. The first kappa shape index (κ1) is 27.6. The maximum absolute atomic E-state index is 13.6.